The first-order valence-electron chi connectivity index (χ1n) is 12.2. The first-order chi connectivity index (χ1) is 14.0. The van der Waals surface area contributed by atoms with E-state index in [9.17, 15) is 20.1 Å². The van der Waals surface area contributed by atoms with E-state index in [2.05, 4.69) is 20.8 Å². The summed E-state index contributed by atoms with van der Waals surface area (Å²) in [6.45, 7) is 7.16. The van der Waals surface area contributed by atoms with E-state index in [0.717, 1.165) is 12.8 Å². The van der Waals surface area contributed by atoms with Crippen LogP contribution in [0.5, 0.6) is 0 Å². The van der Waals surface area contributed by atoms with Crippen molar-refractivity contribution in [1.82, 2.24) is 0 Å². The number of hydrogen-bond acceptors (Lipinski definition) is 5. The first kappa shape index (κ1) is 22.5. The number of esters is 1. The lowest BCUT2D eigenvalue weighted by Crippen LogP contribution is -2.60. The molecule has 4 aliphatic rings. The van der Waals surface area contributed by atoms with E-state index < -0.39 is 11.9 Å². The Morgan fingerprint density at radius 2 is 1.73 bits per heavy atom. The maximum atomic E-state index is 11.6. The van der Waals surface area contributed by atoms with Gasteiger partial charge in [-0.15, -0.1) is 0 Å². The molecular weight excluding hydrogens is 380 g/mol. The van der Waals surface area contributed by atoms with Gasteiger partial charge in [-0.3, -0.25) is 4.79 Å². The summed E-state index contributed by atoms with van der Waals surface area (Å²) in [6, 6.07) is 0. The zero-order valence-electron chi connectivity index (χ0n) is 19.3. The Morgan fingerprint density at radius 1 is 1.03 bits per heavy atom. The molecule has 0 radical (unpaired) electrons. The highest BCUT2D eigenvalue weighted by molar-refractivity contribution is 5.69. The third kappa shape index (κ3) is 3.44. The topological polar surface area (TPSA) is 87.0 Å². The van der Waals surface area contributed by atoms with Crippen molar-refractivity contribution in [2.24, 2.45) is 46.3 Å². The number of aliphatic hydroxyl groups excluding tert-OH is 1. The summed E-state index contributed by atoms with van der Waals surface area (Å²) in [6.07, 6.45) is 8.36. The van der Waals surface area contributed by atoms with Crippen molar-refractivity contribution in [3.63, 3.8) is 0 Å². The van der Waals surface area contributed by atoms with Crippen LogP contribution < -0.4 is 0 Å². The highest BCUT2D eigenvalue weighted by atomic mass is 16.5. The Morgan fingerprint density at radius 3 is 2.43 bits per heavy atom. The third-order valence-electron chi connectivity index (χ3n) is 10.6. The molecule has 0 bridgehead atoms. The molecule has 0 saturated heterocycles. The van der Waals surface area contributed by atoms with Crippen molar-refractivity contribution in [2.75, 3.05) is 7.11 Å². The van der Waals surface area contributed by atoms with Crippen molar-refractivity contribution in [1.29, 1.82) is 0 Å². The molecule has 4 fully saturated rings. The highest BCUT2D eigenvalue weighted by Gasteiger charge is 2.63. The van der Waals surface area contributed by atoms with Crippen molar-refractivity contribution < 1.29 is 24.9 Å². The molecule has 4 aliphatic carbocycles. The van der Waals surface area contributed by atoms with Gasteiger partial charge in [-0.25, -0.2) is 0 Å². The summed E-state index contributed by atoms with van der Waals surface area (Å²) in [5.41, 5.74) is 0.345. The van der Waals surface area contributed by atoms with E-state index in [4.69, 9.17) is 4.74 Å². The number of carbonyl (C=O) groups is 1. The minimum Gasteiger partial charge on any atom is -0.469 e. The van der Waals surface area contributed by atoms with E-state index in [1.54, 1.807) is 0 Å². The van der Waals surface area contributed by atoms with Crippen LogP contribution in [0.25, 0.3) is 0 Å². The molecule has 4 saturated carbocycles. The van der Waals surface area contributed by atoms with Gasteiger partial charge in [0.1, 0.15) is 6.10 Å². The zero-order chi connectivity index (χ0) is 21.9. The molecule has 172 valence electrons. The van der Waals surface area contributed by atoms with Crippen LogP contribution in [0.3, 0.4) is 0 Å². The van der Waals surface area contributed by atoms with Gasteiger partial charge in [0.25, 0.3) is 0 Å². The summed E-state index contributed by atoms with van der Waals surface area (Å²) in [7, 11) is 1.47. The lowest BCUT2D eigenvalue weighted by atomic mass is 9.44. The highest BCUT2D eigenvalue weighted by Crippen LogP contribution is 2.68. The fourth-order valence-electron chi connectivity index (χ4n) is 8.89. The molecule has 0 aliphatic heterocycles. The van der Waals surface area contributed by atoms with E-state index in [0.29, 0.717) is 54.3 Å². The average Bonchev–Trinajstić information content (AvgIpc) is 3.04. The largest absolute Gasteiger partial charge is 0.469 e. The number of methoxy groups -OCH3 is 1. The van der Waals surface area contributed by atoms with Crippen molar-refractivity contribution >= 4 is 5.97 Å². The predicted molar refractivity (Wildman–Crippen MR) is 114 cm³/mol. The lowest BCUT2D eigenvalue weighted by molar-refractivity contribution is -0.284. The molecule has 3 N–H and O–H groups in total. The van der Waals surface area contributed by atoms with E-state index in [-0.39, 0.29) is 17.3 Å². The van der Waals surface area contributed by atoms with E-state index in [1.807, 2.05) is 0 Å². The lowest BCUT2D eigenvalue weighted by Gasteiger charge is -2.62. The second-order valence-electron chi connectivity index (χ2n) is 11.8. The Bertz CT molecular complexity index is 662. The average molecular weight is 423 g/mol. The summed E-state index contributed by atoms with van der Waals surface area (Å²) >= 11 is 0. The Labute approximate surface area is 181 Å². The van der Waals surface area contributed by atoms with Crippen molar-refractivity contribution in [3.05, 3.63) is 0 Å². The molecule has 0 aromatic heterocycles. The third-order valence-corrected chi connectivity index (χ3v) is 10.6. The summed E-state index contributed by atoms with van der Waals surface area (Å²) < 4.78 is 4.86. The van der Waals surface area contributed by atoms with Gasteiger partial charge in [-0.1, -0.05) is 20.8 Å². The smallest absolute Gasteiger partial charge is 0.305 e. The van der Waals surface area contributed by atoms with Gasteiger partial charge in [-0.2, -0.15) is 0 Å². The maximum Gasteiger partial charge on any atom is 0.305 e. The van der Waals surface area contributed by atoms with Gasteiger partial charge >= 0.3 is 5.97 Å². The van der Waals surface area contributed by atoms with Crippen LogP contribution in [0.4, 0.5) is 0 Å². The Kier molecular flexibility index (Phi) is 5.81. The minimum atomic E-state index is -1.92. The summed E-state index contributed by atoms with van der Waals surface area (Å²) in [5, 5.41) is 31.0. The molecule has 9 atom stereocenters. The van der Waals surface area contributed by atoms with Crippen LogP contribution in [0.1, 0.15) is 85.0 Å². The summed E-state index contributed by atoms with van der Waals surface area (Å²) in [5.74, 6) is 1.43. The second kappa shape index (κ2) is 7.74. The van der Waals surface area contributed by atoms with E-state index >= 15 is 0 Å². The van der Waals surface area contributed by atoms with Gasteiger partial charge in [0.2, 0.25) is 0 Å². The van der Waals surface area contributed by atoms with Crippen LogP contribution in [0, 0.1) is 46.3 Å². The molecule has 5 heteroatoms. The fraction of sp³-hybridized carbons (Fsp3) is 0.960. The van der Waals surface area contributed by atoms with Crippen molar-refractivity contribution in [3.8, 4) is 0 Å². The van der Waals surface area contributed by atoms with Crippen LogP contribution >= 0.6 is 0 Å². The number of ether oxygens (including phenoxy) is 1. The number of aliphatic hydroxyl groups is 3. The normalized spacial score (nSPS) is 48.2. The van der Waals surface area contributed by atoms with Crippen LogP contribution in [-0.2, 0) is 9.53 Å². The number of fused-ring (bicyclic) bond motifs is 5. The van der Waals surface area contributed by atoms with Gasteiger partial charge in [0.15, 0.2) is 5.79 Å². The molecule has 0 amide bonds. The molecule has 30 heavy (non-hydrogen) atoms. The van der Waals surface area contributed by atoms with E-state index in [1.165, 1.54) is 39.2 Å². The van der Waals surface area contributed by atoms with Gasteiger partial charge in [0, 0.05) is 12.8 Å². The van der Waals surface area contributed by atoms with Crippen LogP contribution in [0.2, 0.25) is 0 Å². The second-order valence-corrected chi connectivity index (χ2v) is 11.8. The number of rotatable bonds is 4. The van der Waals surface area contributed by atoms with Crippen molar-refractivity contribution in [2.45, 2.75) is 96.9 Å². The van der Waals surface area contributed by atoms with Crippen LogP contribution in [0.15, 0.2) is 0 Å². The molecule has 0 aromatic carbocycles. The maximum absolute atomic E-state index is 11.6. The van der Waals surface area contributed by atoms with Gasteiger partial charge < -0.3 is 20.1 Å². The molecule has 5 nitrogen and oxygen atoms in total. The molecule has 1 unspecified atom stereocenters. The number of hydrogen-bond donors (Lipinski definition) is 3. The number of carbonyl (C=O) groups excluding carboxylic acids is 1. The first-order valence-corrected chi connectivity index (χ1v) is 12.2. The molecule has 0 heterocycles. The zero-order valence-corrected chi connectivity index (χ0v) is 19.3. The molecule has 0 aromatic rings. The van der Waals surface area contributed by atoms with Gasteiger partial charge in [-0.05, 0) is 97.7 Å². The quantitative estimate of drug-likeness (QED) is 0.473. The van der Waals surface area contributed by atoms with Crippen LogP contribution in [-0.4, -0.2) is 40.3 Å². The molecular formula is C25H42O5. The summed E-state index contributed by atoms with van der Waals surface area (Å²) in [4.78, 5) is 11.6. The standard InChI is InChI=1S/C25H42O5/c1-15(5-10-22(27)30-4)18-8-9-19-17-7-6-16-13-25(28,29)21(26)14-24(16,3)20(17)11-12-23(18,19)2/h15-21,26,28-29H,5-14H2,1-4H3/t15-,16-,17+,18-,19+,20+,21?,23-,24+/m1/s1. The van der Waals surface area contributed by atoms with Gasteiger partial charge in [0.05, 0.1) is 7.11 Å². The predicted octanol–water partition coefficient (Wildman–Crippen LogP) is 3.89. The fourth-order valence-corrected chi connectivity index (χ4v) is 8.89. The SMILES string of the molecule is COC(=O)CC[C@@H](C)[C@H]1CC[C@H]2[C@@H]3CC[C@@H]4CC(O)(O)C(O)C[C@]4(C)[C@H]3CC[C@]12C. The Balaban J connectivity index is 1.50. The minimum absolute atomic E-state index is 0.00715. The monoisotopic (exact) mass is 422 g/mol. The Hall–Kier alpha value is -0.650. The molecule has 0 spiro atoms. The molecule has 4 rings (SSSR count).